The Kier molecular flexibility index (Phi) is 3.48. The van der Waals surface area contributed by atoms with E-state index in [9.17, 15) is 0 Å². The van der Waals surface area contributed by atoms with Crippen LogP contribution in [0.3, 0.4) is 0 Å². The Hall–Kier alpha value is -1.68. The zero-order chi connectivity index (χ0) is 13.3. The monoisotopic (exact) mass is 259 g/mol. The topological polar surface area (TPSA) is 43.8 Å². The highest BCUT2D eigenvalue weighted by Gasteiger charge is 2.10. The first-order chi connectivity index (χ1) is 8.50. The quantitative estimate of drug-likeness (QED) is 0.861. The van der Waals surface area contributed by atoms with Crippen LogP contribution in [0.2, 0.25) is 0 Å². The molecule has 2 N–H and O–H groups in total. The highest BCUT2D eigenvalue weighted by molar-refractivity contribution is 7.80. The number of nitrogens with zero attached hydrogens (tertiary/aromatic N) is 2. The molecule has 1 heterocycles. The average Bonchev–Trinajstić information content (AvgIpc) is 2.57. The van der Waals surface area contributed by atoms with Crippen molar-refractivity contribution in [1.82, 2.24) is 9.78 Å². The fourth-order valence-corrected chi connectivity index (χ4v) is 2.20. The van der Waals surface area contributed by atoms with Gasteiger partial charge < -0.3 is 5.73 Å². The smallest absolute Gasteiger partial charge is 0.104 e. The van der Waals surface area contributed by atoms with Gasteiger partial charge in [0, 0.05) is 11.3 Å². The van der Waals surface area contributed by atoms with Gasteiger partial charge in [0.05, 0.1) is 12.2 Å². The van der Waals surface area contributed by atoms with Crippen LogP contribution < -0.4 is 5.73 Å². The lowest BCUT2D eigenvalue weighted by Gasteiger charge is -2.09. The lowest BCUT2D eigenvalue weighted by atomic mass is 10.1. The van der Waals surface area contributed by atoms with Crippen LogP contribution in [0.5, 0.6) is 0 Å². The highest BCUT2D eigenvalue weighted by atomic mass is 32.1. The number of aryl methyl sites for hydroxylation is 1. The number of nitrogens with two attached hydrogens (primary N) is 1. The Bertz CT molecular complexity index is 599. The average molecular weight is 259 g/mol. The minimum absolute atomic E-state index is 0.434. The summed E-state index contributed by atoms with van der Waals surface area (Å²) in [5.41, 5.74) is 11.3. The van der Waals surface area contributed by atoms with E-state index in [-0.39, 0.29) is 0 Å². The second-order valence-corrected chi connectivity index (χ2v) is 4.91. The van der Waals surface area contributed by atoms with Crippen LogP contribution in [0.15, 0.2) is 24.3 Å². The molecule has 0 saturated carbocycles. The number of benzene rings is 1. The summed E-state index contributed by atoms with van der Waals surface area (Å²) in [7, 11) is 0. The molecule has 0 fully saturated rings. The maximum Gasteiger partial charge on any atom is 0.104 e. The molecule has 0 radical (unpaired) electrons. The van der Waals surface area contributed by atoms with Crippen LogP contribution in [0, 0.1) is 20.8 Å². The van der Waals surface area contributed by atoms with Crippen LogP contribution in [0.25, 0.3) is 0 Å². The van der Waals surface area contributed by atoms with Gasteiger partial charge in [-0.3, -0.25) is 4.68 Å². The van der Waals surface area contributed by atoms with Gasteiger partial charge in [-0.25, -0.2) is 0 Å². The van der Waals surface area contributed by atoms with Crippen LogP contribution in [-0.2, 0) is 6.54 Å². The van der Waals surface area contributed by atoms with Gasteiger partial charge in [0.15, 0.2) is 0 Å². The fraction of sp³-hybridized carbons (Fsp3) is 0.286. The number of hydrogen-bond donors (Lipinski definition) is 1. The molecule has 1 aromatic carbocycles. The number of rotatable bonds is 3. The molecule has 0 amide bonds. The molecule has 0 aliphatic rings. The third kappa shape index (κ3) is 2.29. The standard InChI is InChI=1S/C14H17N3S/c1-9-10(2)16-17(11(9)3)8-12-6-4-5-7-13(12)14(15)18/h4-7H,8H2,1-3H3,(H2,15,18). The molecular formula is C14H17N3S. The third-order valence-electron chi connectivity index (χ3n) is 3.35. The van der Waals surface area contributed by atoms with Crippen molar-refractivity contribution in [2.45, 2.75) is 27.3 Å². The van der Waals surface area contributed by atoms with E-state index in [1.165, 1.54) is 11.3 Å². The Morgan fingerprint density at radius 2 is 1.94 bits per heavy atom. The Balaban J connectivity index is 2.40. The highest BCUT2D eigenvalue weighted by Crippen LogP contribution is 2.15. The molecule has 0 unspecified atom stereocenters. The van der Waals surface area contributed by atoms with E-state index in [0.717, 1.165) is 16.8 Å². The maximum absolute atomic E-state index is 5.74. The molecule has 18 heavy (non-hydrogen) atoms. The van der Waals surface area contributed by atoms with Gasteiger partial charge in [-0.2, -0.15) is 5.10 Å². The summed E-state index contributed by atoms with van der Waals surface area (Å²) in [4.78, 5) is 0.434. The Morgan fingerprint density at radius 1 is 1.28 bits per heavy atom. The number of hydrogen-bond acceptors (Lipinski definition) is 2. The molecule has 0 atom stereocenters. The van der Waals surface area contributed by atoms with Gasteiger partial charge in [-0.05, 0) is 31.9 Å². The first-order valence-corrected chi connectivity index (χ1v) is 6.30. The third-order valence-corrected chi connectivity index (χ3v) is 3.57. The molecule has 4 heteroatoms. The summed E-state index contributed by atoms with van der Waals surface area (Å²) < 4.78 is 2.00. The van der Waals surface area contributed by atoms with E-state index in [1.54, 1.807) is 0 Å². The maximum atomic E-state index is 5.74. The SMILES string of the molecule is Cc1nn(Cc2ccccc2C(N)=S)c(C)c1C. The summed E-state index contributed by atoms with van der Waals surface area (Å²) in [6.07, 6.45) is 0. The van der Waals surface area contributed by atoms with Crippen molar-refractivity contribution in [3.8, 4) is 0 Å². The molecule has 3 nitrogen and oxygen atoms in total. The Morgan fingerprint density at radius 3 is 2.50 bits per heavy atom. The first kappa shape index (κ1) is 12.8. The van der Waals surface area contributed by atoms with Crippen LogP contribution in [0.1, 0.15) is 28.1 Å². The van der Waals surface area contributed by atoms with Gasteiger partial charge in [0.25, 0.3) is 0 Å². The number of thiocarbonyl (C=S) groups is 1. The second-order valence-electron chi connectivity index (χ2n) is 4.47. The molecular weight excluding hydrogens is 242 g/mol. The minimum atomic E-state index is 0.434. The van der Waals surface area contributed by atoms with Gasteiger partial charge in [0.1, 0.15) is 4.99 Å². The van der Waals surface area contributed by atoms with Crippen molar-refractivity contribution in [3.63, 3.8) is 0 Å². The molecule has 0 bridgehead atoms. The van der Waals surface area contributed by atoms with Crippen molar-refractivity contribution in [3.05, 3.63) is 52.3 Å². The van der Waals surface area contributed by atoms with Crippen molar-refractivity contribution in [2.24, 2.45) is 5.73 Å². The molecule has 2 aromatic rings. The van der Waals surface area contributed by atoms with Gasteiger partial charge in [0.2, 0.25) is 0 Å². The van der Waals surface area contributed by atoms with E-state index in [4.69, 9.17) is 18.0 Å². The lowest BCUT2D eigenvalue weighted by molar-refractivity contribution is 0.658. The summed E-state index contributed by atoms with van der Waals surface area (Å²) in [6.45, 7) is 6.90. The van der Waals surface area contributed by atoms with Crippen LogP contribution in [0.4, 0.5) is 0 Å². The fourth-order valence-electron chi connectivity index (χ4n) is 2.00. The first-order valence-electron chi connectivity index (χ1n) is 5.89. The van der Waals surface area contributed by atoms with E-state index in [1.807, 2.05) is 35.9 Å². The van der Waals surface area contributed by atoms with E-state index in [0.29, 0.717) is 11.5 Å². The molecule has 94 valence electrons. The molecule has 1 aromatic heterocycles. The zero-order valence-corrected chi connectivity index (χ0v) is 11.7. The van der Waals surface area contributed by atoms with Crippen molar-refractivity contribution >= 4 is 17.2 Å². The number of aromatic nitrogens is 2. The Labute approximate surface area is 113 Å². The van der Waals surface area contributed by atoms with Crippen LogP contribution >= 0.6 is 12.2 Å². The van der Waals surface area contributed by atoms with E-state index >= 15 is 0 Å². The lowest BCUT2D eigenvalue weighted by Crippen LogP contribution is -2.14. The summed E-state index contributed by atoms with van der Waals surface area (Å²) in [6, 6.07) is 7.94. The van der Waals surface area contributed by atoms with Gasteiger partial charge in [-0.15, -0.1) is 0 Å². The normalized spacial score (nSPS) is 10.6. The van der Waals surface area contributed by atoms with Gasteiger partial charge >= 0.3 is 0 Å². The predicted molar refractivity (Wildman–Crippen MR) is 77.9 cm³/mol. The molecule has 0 aliphatic heterocycles. The summed E-state index contributed by atoms with van der Waals surface area (Å²) in [5, 5.41) is 4.54. The van der Waals surface area contributed by atoms with E-state index in [2.05, 4.69) is 18.9 Å². The summed E-state index contributed by atoms with van der Waals surface area (Å²) in [5.74, 6) is 0. The minimum Gasteiger partial charge on any atom is -0.389 e. The van der Waals surface area contributed by atoms with Crippen molar-refractivity contribution < 1.29 is 0 Å². The van der Waals surface area contributed by atoms with Crippen molar-refractivity contribution in [1.29, 1.82) is 0 Å². The molecule has 0 aliphatic carbocycles. The molecule has 0 spiro atoms. The van der Waals surface area contributed by atoms with Crippen LogP contribution in [-0.4, -0.2) is 14.8 Å². The largest absolute Gasteiger partial charge is 0.389 e. The predicted octanol–water partition coefficient (Wildman–Crippen LogP) is 2.49. The van der Waals surface area contributed by atoms with Gasteiger partial charge in [-0.1, -0.05) is 36.5 Å². The van der Waals surface area contributed by atoms with E-state index < -0.39 is 0 Å². The molecule has 2 rings (SSSR count). The molecule has 0 saturated heterocycles. The summed E-state index contributed by atoms with van der Waals surface area (Å²) >= 11 is 5.08. The zero-order valence-electron chi connectivity index (χ0n) is 10.9. The van der Waals surface area contributed by atoms with Crippen molar-refractivity contribution in [2.75, 3.05) is 0 Å². The second kappa shape index (κ2) is 4.90.